The van der Waals surface area contributed by atoms with Crippen LogP contribution in [-0.2, 0) is 19.1 Å². The van der Waals surface area contributed by atoms with Gasteiger partial charge in [0.2, 0.25) is 11.8 Å². The molecule has 34 heavy (non-hydrogen) atoms. The van der Waals surface area contributed by atoms with Gasteiger partial charge in [-0.1, -0.05) is 0 Å². The molecule has 2 atom stereocenters. The quantitative estimate of drug-likeness (QED) is 0.631. The summed E-state index contributed by atoms with van der Waals surface area (Å²) in [5.41, 5.74) is 1.35. The SMILES string of the molecule is COc1ccc(C(=O)N(CC2CCCO2)C2CC(=O)N(c3ccc(NC(C)=O)cc3)C2=O)cc1. The van der Waals surface area contributed by atoms with E-state index >= 15 is 0 Å². The minimum Gasteiger partial charge on any atom is -0.497 e. The summed E-state index contributed by atoms with van der Waals surface area (Å²) in [7, 11) is 1.54. The van der Waals surface area contributed by atoms with Gasteiger partial charge in [0, 0.05) is 31.3 Å². The Balaban J connectivity index is 1.59. The molecule has 0 aliphatic carbocycles. The zero-order valence-corrected chi connectivity index (χ0v) is 19.2. The Kier molecular flexibility index (Phi) is 6.93. The lowest BCUT2D eigenvalue weighted by atomic mass is 10.1. The van der Waals surface area contributed by atoms with Crippen LogP contribution in [0.5, 0.6) is 5.75 Å². The average molecular weight is 466 g/mol. The highest BCUT2D eigenvalue weighted by Crippen LogP contribution is 2.29. The van der Waals surface area contributed by atoms with E-state index < -0.39 is 11.9 Å². The van der Waals surface area contributed by atoms with E-state index in [1.54, 1.807) is 55.6 Å². The van der Waals surface area contributed by atoms with E-state index in [-0.39, 0.29) is 36.8 Å². The van der Waals surface area contributed by atoms with Crippen LogP contribution < -0.4 is 15.0 Å². The Morgan fingerprint density at radius 2 is 1.82 bits per heavy atom. The molecule has 0 radical (unpaired) electrons. The number of methoxy groups -OCH3 is 1. The van der Waals surface area contributed by atoms with Crippen LogP contribution in [0.4, 0.5) is 11.4 Å². The third-order valence-electron chi connectivity index (χ3n) is 5.97. The number of imide groups is 1. The fourth-order valence-electron chi connectivity index (χ4n) is 4.29. The van der Waals surface area contributed by atoms with E-state index in [1.807, 2.05) is 0 Å². The fraction of sp³-hybridized carbons (Fsp3) is 0.360. The smallest absolute Gasteiger partial charge is 0.257 e. The molecule has 178 valence electrons. The third-order valence-corrected chi connectivity index (χ3v) is 5.97. The summed E-state index contributed by atoms with van der Waals surface area (Å²) in [6.07, 6.45) is 1.38. The monoisotopic (exact) mass is 465 g/mol. The largest absolute Gasteiger partial charge is 0.497 e. The van der Waals surface area contributed by atoms with Gasteiger partial charge in [-0.2, -0.15) is 0 Å². The Bertz CT molecular complexity index is 1080. The molecular weight excluding hydrogens is 438 g/mol. The number of anilines is 2. The molecule has 0 saturated carbocycles. The van der Waals surface area contributed by atoms with Crippen molar-refractivity contribution in [2.75, 3.05) is 30.5 Å². The van der Waals surface area contributed by atoms with Crippen LogP contribution in [0.1, 0.15) is 36.5 Å². The van der Waals surface area contributed by atoms with Gasteiger partial charge in [0.25, 0.3) is 11.8 Å². The number of amides is 4. The Labute approximate surface area is 197 Å². The van der Waals surface area contributed by atoms with Crippen molar-refractivity contribution in [1.82, 2.24) is 4.90 Å². The summed E-state index contributed by atoms with van der Waals surface area (Å²) >= 11 is 0. The number of rotatable bonds is 7. The van der Waals surface area contributed by atoms with Gasteiger partial charge in [-0.05, 0) is 61.4 Å². The van der Waals surface area contributed by atoms with Crippen molar-refractivity contribution in [2.45, 2.75) is 38.3 Å². The van der Waals surface area contributed by atoms with Crippen LogP contribution in [-0.4, -0.2) is 60.9 Å². The first kappa shape index (κ1) is 23.4. The van der Waals surface area contributed by atoms with Crippen molar-refractivity contribution in [3.05, 3.63) is 54.1 Å². The summed E-state index contributed by atoms with van der Waals surface area (Å²) < 4.78 is 10.9. The van der Waals surface area contributed by atoms with Gasteiger partial charge in [0.15, 0.2) is 0 Å². The number of carbonyl (C=O) groups is 4. The molecule has 9 heteroatoms. The van der Waals surface area contributed by atoms with E-state index in [4.69, 9.17) is 9.47 Å². The number of benzene rings is 2. The lowest BCUT2D eigenvalue weighted by Crippen LogP contribution is -2.48. The van der Waals surface area contributed by atoms with Crippen molar-refractivity contribution in [1.29, 1.82) is 0 Å². The van der Waals surface area contributed by atoms with Gasteiger partial charge in [0.1, 0.15) is 11.8 Å². The Hall–Kier alpha value is -3.72. The van der Waals surface area contributed by atoms with Crippen LogP contribution in [0.3, 0.4) is 0 Å². The van der Waals surface area contributed by atoms with Crippen LogP contribution in [0.25, 0.3) is 0 Å². The number of nitrogens with one attached hydrogen (secondary N) is 1. The highest BCUT2D eigenvalue weighted by atomic mass is 16.5. The fourth-order valence-corrected chi connectivity index (χ4v) is 4.29. The first-order valence-electron chi connectivity index (χ1n) is 11.2. The predicted octanol–water partition coefficient (Wildman–Crippen LogP) is 2.61. The molecule has 4 amide bonds. The second-order valence-corrected chi connectivity index (χ2v) is 8.34. The topological polar surface area (TPSA) is 105 Å². The van der Waals surface area contributed by atoms with Crippen LogP contribution >= 0.6 is 0 Å². The Morgan fingerprint density at radius 3 is 2.41 bits per heavy atom. The first-order valence-corrected chi connectivity index (χ1v) is 11.2. The highest BCUT2D eigenvalue weighted by molar-refractivity contribution is 6.23. The van der Waals surface area contributed by atoms with Crippen molar-refractivity contribution in [3.8, 4) is 5.75 Å². The second kappa shape index (κ2) is 10.0. The third kappa shape index (κ3) is 4.94. The molecule has 2 aliphatic heterocycles. The van der Waals surface area contributed by atoms with Gasteiger partial charge in [-0.15, -0.1) is 0 Å². The molecule has 4 rings (SSSR count). The second-order valence-electron chi connectivity index (χ2n) is 8.34. The summed E-state index contributed by atoms with van der Waals surface area (Å²) in [6.45, 7) is 2.23. The van der Waals surface area contributed by atoms with Crippen LogP contribution in [0, 0.1) is 0 Å². The normalized spacial score (nSPS) is 19.9. The minimum absolute atomic E-state index is 0.110. The predicted molar refractivity (Wildman–Crippen MR) is 125 cm³/mol. The summed E-state index contributed by atoms with van der Waals surface area (Å²) in [5.74, 6) is -0.794. The van der Waals surface area contributed by atoms with Crippen molar-refractivity contribution >= 4 is 35.0 Å². The molecule has 9 nitrogen and oxygen atoms in total. The molecule has 2 aromatic carbocycles. The lowest BCUT2D eigenvalue weighted by molar-refractivity contribution is -0.123. The summed E-state index contributed by atoms with van der Waals surface area (Å²) in [5, 5.41) is 2.65. The number of carbonyl (C=O) groups excluding carboxylic acids is 4. The zero-order chi connectivity index (χ0) is 24.2. The van der Waals surface area contributed by atoms with E-state index in [2.05, 4.69) is 5.32 Å². The van der Waals surface area contributed by atoms with E-state index in [1.165, 1.54) is 11.8 Å². The van der Waals surface area contributed by atoms with Crippen LogP contribution in [0.15, 0.2) is 48.5 Å². The molecule has 0 bridgehead atoms. The van der Waals surface area contributed by atoms with Crippen molar-refractivity contribution < 1.29 is 28.7 Å². The molecule has 2 heterocycles. The number of ether oxygens (including phenoxy) is 2. The van der Waals surface area contributed by atoms with Gasteiger partial charge in [-0.3, -0.25) is 19.2 Å². The standard InChI is InChI=1S/C25H27N3O6/c1-16(29)26-18-7-9-19(10-8-18)28-23(30)14-22(25(28)32)27(15-21-4-3-13-34-21)24(31)17-5-11-20(33-2)12-6-17/h5-12,21-22H,3-4,13-15H2,1-2H3,(H,26,29). The maximum Gasteiger partial charge on any atom is 0.257 e. The summed E-state index contributed by atoms with van der Waals surface area (Å²) in [4.78, 5) is 53.6. The number of nitrogens with zero attached hydrogens (tertiary/aromatic N) is 2. The maximum atomic E-state index is 13.5. The molecule has 0 aromatic heterocycles. The van der Waals surface area contributed by atoms with E-state index in [0.29, 0.717) is 29.3 Å². The van der Waals surface area contributed by atoms with Gasteiger partial charge >= 0.3 is 0 Å². The number of hydrogen-bond donors (Lipinski definition) is 1. The van der Waals surface area contributed by atoms with Crippen molar-refractivity contribution in [2.24, 2.45) is 0 Å². The maximum absolute atomic E-state index is 13.5. The van der Waals surface area contributed by atoms with Gasteiger partial charge < -0.3 is 19.7 Å². The van der Waals surface area contributed by atoms with Gasteiger partial charge in [0.05, 0.1) is 25.3 Å². The minimum atomic E-state index is -0.929. The van der Waals surface area contributed by atoms with Gasteiger partial charge in [-0.25, -0.2) is 4.90 Å². The molecule has 2 unspecified atom stereocenters. The molecule has 2 aliphatic rings. The molecule has 0 spiro atoms. The molecule has 2 aromatic rings. The Morgan fingerprint density at radius 1 is 1.12 bits per heavy atom. The van der Waals surface area contributed by atoms with E-state index in [9.17, 15) is 19.2 Å². The van der Waals surface area contributed by atoms with Crippen molar-refractivity contribution in [3.63, 3.8) is 0 Å². The number of hydrogen-bond acceptors (Lipinski definition) is 6. The average Bonchev–Trinajstić information content (AvgIpc) is 3.45. The molecular formula is C25H27N3O6. The van der Waals surface area contributed by atoms with E-state index in [0.717, 1.165) is 17.7 Å². The molecule has 2 saturated heterocycles. The molecule has 2 fully saturated rings. The highest BCUT2D eigenvalue weighted by Gasteiger charge is 2.45. The molecule has 1 N–H and O–H groups in total. The summed E-state index contributed by atoms with van der Waals surface area (Å²) in [6, 6.07) is 12.2. The zero-order valence-electron chi connectivity index (χ0n) is 19.2. The lowest BCUT2D eigenvalue weighted by Gasteiger charge is -2.30. The first-order chi connectivity index (χ1) is 16.4. The van der Waals surface area contributed by atoms with Crippen LogP contribution in [0.2, 0.25) is 0 Å².